The molecule has 26 heavy (non-hydrogen) atoms. The molecule has 0 amide bonds. The molecule has 4 aliphatic rings. The first-order valence-electron chi connectivity index (χ1n) is 9.75. The van der Waals surface area contributed by atoms with Crippen LogP contribution in [0.5, 0.6) is 5.75 Å². The Morgan fingerprint density at radius 1 is 1.46 bits per heavy atom. The van der Waals surface area contributed by atoms with Crippen molar-refractivity contribution in [2.45, 2.75) is 44.1 Å². The van der Waals surface area contributed by atoms with Gasteiger partial charge in [0, 0.05) is 35.7 Å². The molecule has 1 saturated carbocycles. The van der Waals surface area contributed by atoms with E-state index >= 15 is 0 Å². The zero-order valence-electron chi connectivity index (χ0n) is 15.4. The van der Waals surface area contributed by atoms with Crippen LogP contribution in [0.15, 0.2) is 18.2 Å². The van der Waals surface area contributed by atoms with Gasteiger partial charge in [0.2, 0.25) is 0 Å². The molecule has 4 bridgehead atoms. The van der Waals surface area contributed by atoms with Gasteiger partial charge in [-0.2, -0.15) is 0 Å². The second-order valence-electron chi connectivity index (χ2n) is 8.34. The van der Waals surface area contributed by atoms with Gasteiger partial charge in [-0.15, -0.1) is 0 Å². The third-order valence-electron chi connectivity index (χ3n) is 7.14. The lowest BCUT2D eigenvalue weighted by Crippen LogP contribution is -2.67. The molecular weight excluding hydrogens is 328 g/mol. The molecule has 5 atom stereocenters. The Morgan fingerprint density at radius 3 is 3.08 bits per heavy atom. The number of piperidine rings is 2. The van der Waals surface area contributed by atoms with Gasteiger partial charge in [-0.05, 0) is 54.9 Å². The number of carbonyl (C=O) groups excluding carboxylic acids is 1. The van der Waals surface area contributed by atoms with Gasteiger partial charge in [-0.1, -0.05) is 13.3 Å². The number of ether oxygens (including phenoxy) is 1. The Hall–Kier alpha value is -2.01. The lowest BCUT2D eigenvalue weighted by molar-refractivity contribution is -0.162. The van der Waals surface area contributed by atoms with Crippen molar-refractivity contribution in [2.24, 2.45) is 11.8 Å². The summed E-state index contributed by atoms with van der Waals surface area (Å²) in [5.41, 5.74) is 2.61. The van der Waals surface area contributed by atoms with Crippen LogP contribution in [0.1, 0.15) is 37.4 Å². The van der Waals surface area contributed by atoms with Crippen LogP contribution in [0.25, 0.3) is 10.9 Å². The average Bonchev–Trinajstić information content (AvgIpc) is 2.98. The van der Waals surface area contributed by atoms with Gasteiger partial charge in [0.25, 0.3) is 0 Å². The number of aromatic nitrogens is 1. The van der Waals surface area contributed by atoms with Gasteiger partial charge in [-0.3, -0.25) is 9.69 Å². The largest absolute Gasteiger partial charge is 0.508 e. The molecule has 6 rings (SSSR count). The van der Waals surface area contributed by atoms with Crippen molar-refractivity contribution in [2.75, 3.05) is 20.2 Å². The van der Waals surface area contributed by atoms with E-state index in [-0.39, 0.29) is 17.8 Å². The van der Waals surface area contributed by atoms with Crippen molar-refractivity contribution >= 4 is 16.9 Å². The lowest BCUT2D eigenvalue weighted by atomic mass is 9.56. The molecule has 138 valence electrons. The fraction of sp³-hybridized carbons (Fsp3) is 0.571. The third-order valence-corrected chi connectivity index (χ3v) is 7.14. The number of aromatic hydroxyl groups is 1. The number of benzene rings is 1. The highest BCUT2D eigenvalue weighted by molar-refractivity contribution is 5.92. The zero-order chi connectivity index (χ0) is 18.1. The fourth-order valence-corrected chi connectivity index (χ4v) is 6.30. The smallest absolute Gasteiger partial charge is 0.319 e. The molecule has 4 heterocycles. The van der Waals surface area contributed by atoms with Crippen molar-refractivity contribution < 1.29 is 14.6 Å². The maximum atomic E-state index is 13.3. The number of phenolic OH excluding ortho intramolecular Hbond substituents is 1. The summed E-state index contributed by atoms with van der Waals surface area (Å²) in [6.45, 7) is 4.30. The number of fused-ring (bicyclic) bond motifs is 4. The molecule has 0 spiro atoms. The first-order valence-corrected chi connectivity index (χ1v) is 9.75. The number of phenols is 1. The van der Waals surface area contributed by atoms with Crippen molar-refractivity contribution in [1.29, 1.82) is 0 Å². The first kappa shape index (κ1) is 16.2. The Morgan fingerprint density at radius 2 is 2.31 bits per heavy atom. The Kier molecular flexibility index (Phi) is 3.42. The third kappa shape index (κ3) is 1.92. The Labute approximate surface area is 153 Å². The number of hydrogen-bond donors (Lipinski definition) is 2. The van der Waals surface area contributed by atoms with Crippen molar-refractivity contribution in [1.82, 2.24) is 9.88 Å². The van der Waals surface area contributed by atoms with E-state index < -0.39 is 5.41 Å². The molecule has 5 nitrogen and oxygen atoms in total. The van der Waals surface area contributed by atoms with Crippen LogP contribution in [0.2, 0.25) is 0 Å². The monoisotopic (exact) mass is 354 g/mol. The van der Waals surface area contributed by atoms with Gasteiger partial charge in [0.15, 0.2) is 0 Å². The molecule has 5 heteroatoms. The van der Waals surface area contributed by atoms with Crippen molar-refractivity contribution in [3.05, 3.63) is 29.5 Å². The van der Waals surface area contributed by atoms with Crippen molar-refractivity contribution in [3.8, 4) is 5.75 Å². The SMILES string of the molecule is CC[C@H]1CC2CN3CCc4c([nH]c5ccc(O)cc45)[C@@](C(=O)OC)(C2)C13. The predicted molar refractivity (Wildman–Crippen MR) is 99.2 cm³/mol. The van der Waals surface area contributed by atoms with E-state index in [2.05, 4.69) is 16.8 Å². The van der Waals surface area contributed by atoms with E-state index in [1.807, 2.05) is 12.1 Å². The van der Waals surface area contributed by atoms with Gasteiger partial charge >= 0.3 is 5.97 Å². The zero-order valence-corrected chi connectivity index (χ0v) is 15.4. The molecule has 3 aliphatic heterocycles. The molecule has 3 fully saturated rings. The fourth-order valence-electron chi connectivity index (χ4n) is 6.30. The molecule has 2 aromatic rings. The van der Waals surface area contributed by atoms with Gasteiger partial charge in [0.05, 0.1) is 7.11 Å². The van der Waals surface area contributed by atoms with Crippen LogP contribution in [0.4, 0.5) is 0 Å². The number of H-pyrrole nitrogens is 1. The maximum Gasteiger partial charge on any atom is 0.319 e. The van der Waals surface area contributed by atoms with E-state index in [0.29, 0.717) is 11.8 Å². The normalized spacial score (nSPS) is 35.2. The Bertz CT molecular complexity index is 889. The standard InChI is InChI=1S/C21H26N2O3/c1-3-13-8-12-10-21(20(25)26-2)18-15(6-7-23(11-12)19(13)21)16-9-14(24)4-5-17(16)22-18/h4-5,9,12-13,19,22,24H,3,6-8,10-11H2,1-2H3/t12?,13-,19?,21-/m0/s1. The van der Waals surface area contributed by atoms with Crippen LogP contribution in [-0.4, -0.2) is 47.2 Å². The topological polar surface area (TPSA) is 65.6 Å². The second-order valence-corrected chi connectivity index (χ2v) is 8.34. The minimum absolute atomic E-state index is 0.103. The number of aromatic amines is 1. The minimum Gasteiger partial charge on any atom is -0.508 e. The number of hydrogen-bond acceptors (Lipinski definition) is 4. The van der Waals surface area contributed by atoms with Crippen LogP contribution >= 0.6 is 0 Å². The van der Waals surface area contributed by atoms with Crippen molar-refractivity contribution in [3.63, 3.8) is 0 Å². The molecule has 1 aromatic heterocycles. The molecule has 1 aliphatic carbocycles. The number of methoxy groups -OCH3 is 1. The van der Waals surface area contributed by atoms with E-state index in [0.717, 1.165) is 48.9 Å². The summed E-state index contributed by atoms with van der Waals surface area (Å²) in [5.74, 6) is 1.23. The molecule has 2 saturated heterocycles. The summed E-state index contributed by atoms with van der Waals surface area (Å²) in [7, 11) is 1.52. The van der Waals surface area contributed by atoms with Gasteiger partial charge in [-0.25, -0.2) is 0 Å². The van der Waals surface area contributed by atoms with Crippen LogP contribution in [-0.2, 0) is 21.4 Å². The van der Waals surface area contributed by atoms with E-state index in [1.54, 1.807) is 6.07 Å². The minimum atomic E-state index is -0.614. The number of rotatable bonds is 2. The summed E-state index contributed by atoms with van der Waals surface area (Å²) in [6, 6.07) is 5.65. The Balaban J connectivity index is 1.81. The summed E-state index contributed by atoms with van der Waals surface area (Å²) in [6.07, 6.45) is 4.07. The number of nitrogens with one attached hydrogen (secondary N) is 1. The van der Waals surface area contributed by atoms with Gasteiger partial charge in [0.1, 0.15) is 11.2 Å². The summed E-state index contributed by atoms with van der Waals surface area (Å²) in [4.78, 5) is 19.4. The van der Waals surface area contributed by atoms with Crippen LogP contribution in [0.3, 0.4) is 0 Å². The van der Waals surface area contributed by atoms with E-state index in [1.165, 1.54) is 19.1 Å². The quantitative estimate of drug-likeness (QED) is 0.814. The maximum absolute atomic E-state index is 13.3. The first-order chi connectivity index (χ1) is 12.6. The summed E-state index contributed by atoms with van der Waals surface area (Å²) < 4.78 is 5.41. The second kappa shape index (κ2) is 5.49. The summed E-state index contributed by atoms with van der Waals surface area (Å²) in [5, 5.41) is 11.0. The molecular formula is C21H26N2O3. The molecule has 0 radical (unpaired) electrons. The van der Waals surface area contributed by atoms with E-state index in [4.69, 9.17) is 4.74 Å². The van der Waals surface area contributed by atoms with Crippen LogP contribution in [0, 0.1) is 11.8 Å². The number of esters is 1. The predicted octanol–water partition coefficient (Wildman–Crippen LogP) is 2.96. The van der Waals surface area contributed by atoms with Crippen LogP contribution < -0.4 is 0 Å². The lowest BCUT2D eigenvalue weighted by Gasteiger charge is -2.57. The average molecular weight is 354 g/mol. The highest BCUT2D eigenvalue weighted by Crippen LogP contribution is 2.55. The van der Waals surface area contributed by atoms with Gasteiger partial charge < -0.3 is 14.8 Å². The number of carbonyl (C=O) groups is 1. The molecule has 2 N–H and O–H groups in total. The molecule has 3 unspecified atom stereocenters. The highest BCUT2D eigenvalue weighted by atomic mass is 16.5. The summed E-state index contributed by atoms with van der Waals surface area (Å²) >= 11 is 0. The van der Waals surface area contributed by atoms with E-state index in [9.17, 15) is 9.90 Å². The molecule has 1 aromatic carbocycles. The highest BCUT2D eigenvalue weighted by Gasteiger charge is 2.62. The number of nitrogens with zero attached hydrogens (tertiary/aromatic N) is 1.